The number of benzene rings is 1. The molecule has 124 valence electrons. The lowest BCUT2D eigenvalue weighted by molar-refractivity contribution is 0.0875. The van der Waals surface area contributed by atoms with E-state index in [1.165, 1.54) is 17.2 Å². The Labute approximate surface area is 142 Å². The molecule has 3 aromatic rings. The van der Waals surface area contributed by atoms with Crippen LogP contribution >= 0.6 is 0 Å². The zero-order valence-corrected chi connectivity index (χ0v) is 13.2. The van der Waals surface area contributed by atoms with E-state index in [0.29, 0.717) is 28.4 Å². The monoisotopic (exact) mass is 336 g/mol. The summed E-state index contributed by atoms with van der Waals surface area (Å²) in [4.78, 5) is 22.5. The highest BCUT2D eigenvalue weighted by atomic mass is 19.1. The maximum absolute atomic E-state index is 14.0. The molecule has 0 fully saturated rings. The van der Waals surface area contributed by atoms with Crippen molar-refractivity contribution in [2.75, 3.05) is 12.8 Å². The standard InChI is InChI=1S/C18H13FN4O2/c1-23-12(9-10-5-2-3-6-11(10)19)15-14(17(23)24)16(22-18(20)21-15)13-7-4-8-25-13/h2-9H,1H3,(H2,20,21,22)/b12-9+. The van der Waals surface area contributed by atoms with Crippen molar-refractivity contribution in [1.29, 1.82) is 0 Å². The predicted octanol–water partition coefficient (Wildman–Crippen LogP) is 3.04. The minimum atomic E-state index is -0.391. The number of amides is 1. The van der Waals surface area contributed by atoms with Gasteiger partial charge in [-0.1, -0.05) is 18.2 Å². The van der Waals surface area contributed by atoms with E-state index >= 15 is 0 Å². The van der Waals surface area contributed by atoms with Crippen LogP contribution < -0.4 is 5.73 Å². The number of rotatable bonds is 2. The van der Waals surface area contributed by atoms with Crippen molar-refractivity contribution in [2.45, 2.75) is 0 Å². The van der Waals surface area contributed by atoms with Crippen molar-refractivity contribution >= 4 is 23.6 Å². The topological polar surface area (TPSA) is 85.2 Å². The number of carbonyl (C=O) groups excluding carboxylic acids is 1. The highest BCUT2D eigenvalue weighted by Crippen LogP contribution is 2.37. The summed E-state index contributed by atoms with van der Waals surface area (Å²) in [5.74, 6) is -0.270. The number of furan rings is 1. The molecule has 1 aliphatic rings. The number of anilines is 1. The van der Waals surface area contributed by atoms with Crippen LogP contribution in [0.25, 0.3) is 23.2 Å². The summed E-state index contributed by atoms with van der Waals surface area (Å²) in [5.41, 5.74) is 7.58. The molecular weight excluding hydrogens is 323 g/mol. The van der Waals surface area contributed by atoms with Crippen molar-refractivity contribution in [2.24, 2.45) is 0 Å². The van der Waals surface area contributed by atoms with Crippen LogP contribution in [0.2, 0.25) is 0 Å². The van der Waals surface area contributed by atoms with Crippen molar-refractivity contribution < 1.29 is 13.6 Å². The summed E-state index contributed by atoms with van der Waals surface area (Å²) >= 11 is 0. The van der Waals surface area contributed by atoms with Crippen molar-refractivity contribution in [3.8, 4) is 11.5 Å². The van der Waals surface area contributed by atoms with Gasteiger partial charge in [-0.2, -0.15) is 0 Å². The maximum atomic E-state index is 14.0. The first-order chi connectivity index (χ1) is 12.1. The molecule has 25 heavy (non-hydrogen) atoms. The first kappa shape index (κ1) is 15.1. The third-order valence-electron chi connectivity index (χ3n) is 4.00. The molecule has 4 rings (SSSR count). The van der Waals surface area contributed by atoms with Gasteiger partial charge in [-0.15, -0.1) is 0 Å². The normalized spacial score (nSPS) is 15.0. The zero-order chi connectivity index (χ0) is 17.6. The number of carbonyl (C=O) groups is 1. The van der Waals surface area contributed by atoms with Gasteiger partial charge >= 0.3 is 0 Å². The van der Waals surface area contributed by atoms with Gasteiger partial charge in [0.25, 0.3) is 5.91 Å². The second-order valence-electron chi connectivity index (χ2n) is 5.55. The second kappa shape index (κ2) is 5.55. The number of halogens is 1. The van der Waals surface area contributed by atoms with E-state index in [4.69, 9.17) is 10.2 Å². The van der Waals surface area contributed by atoms with Crippen LogP contribution in [0.4, 0.5) is 10.3 Å². The minimum Gasteiger partial charge on any atom is -0.463 e. The Morgan fingerprint density at radius 1 is 1.16 bits per heavy atom. The van der Waals surface area contributed by atoms with Gasteiger partial charge in [-0.05, 0) is 24.3 Å². The molecule has 0 atom stereocenters. The van der Waals surface area contributed by atoms with Gasteiger partial charge in [0.1, 0.15) is 17.2 Å². The average Bonchev–Trinajstić information content (AvgIpc) is 3.20. The summed E-state index contributed by atoms with van der Waals surface area (Å²) < 4.78 is 19.4. The molecule has 1 aromatic carbocycles. The summed E-state index contributed by atoms with van der Waals surface area (Å²) in [6.07, 6.45) is 3.05. The Bertz CT molecular complexity index is 1010. The van der Waals surface area contributed by atoms with Crippen LogP contribution in [0.3, 0.4) is 0 Å². The van der Waals surface area contributed by atoms with E-state index in [9.17, 15) is 9.18 Å². The Hall–Kier alpha value is -3.48. The van der Waals surface area contributed by atoms with E-state index < -0.39 is 5.82 Å². The largest absolute Gasteiger partial charge is 0.463 e. The molecule has 1 aliphatic heterocycles. The first-order valence-corrected chi connectivity index (χ1v) is 7.52. The van der Waals surface area contributed by atoms with E-state index in [1.54, 1.807) is 43.5 Å². The Morgan fingerprint density at radius 3 is 2.64 bits per heavy atom. The smallest absolute Gasteiger partial charge is 0.262 e. The molecule has 6 nitrogen and oxygen atoms in total. The van der Waals surface area contributed by atoms with E-state index in [-0.39, 0.29) is 17.4 Å². The Kier molecular flexibility index (Phi) is 3.35. The van der Waals surface area contributed by atoms with E-state index in [1.807, 2.05) is 0 Å². The lowest BCUT2D eigenvalue weighted by Crippen LogP contribution is -2.17. The third-order valence-corrected chi connectivity index (χ3v) is 4.00. The lowest BCUT2D eigenvalue weighted by Gasteiger charge is -2.10. The molecule has 1 amide bonds. The molecule has 3 heterocycles. The molecule has 0 bridgehead atoms. The van der Waals surface area contributed by atoms with Gasteiger partial charge < -0.3 is 15.1 Å². The summed E-state index contributed by atoms with van der Waals surface area (Å²) in [6.45, 7) is 0. The molecule has 7 heteroatoms. The highest BCUT2D eigenvalue weighted by Gasteiger charge is 2.36. The van der Waals surface area contributed by atoms with Crippen LogP contribution in [-0.2, 0) is 0 Å². The Balaban J connectivity index is 1.96. The molecule has 0 saturated carbocycles. The van der Waals surface area contributed by atoms with Crippen LogP contribution in [0.5, 0.6) is 0 Å². The predicted molar refractivity (Wildman–Crippen MR) is 90.5 cm³/mol. The SMILES string of the molecule is CN1C(=O)c2c(nc(N)nc2-c2ccco2)/C1=C\c1ccccc1F. The highest BCUT2D eigenvalue weighted by molar-refractivity contribution is 6.13. The zero-order valence-electron chi connectivity index (χ0n) is 13.2. The molecule has 0 aliphatic carbocycles. The van der Waals surface area contributed by atoms with E-state index in [2.05, 4.69) is 9.97 Å². The number of fused-ring (bicyclic) bond motifs is 1. The second-order valence-corrected chi connectivity index (χ2v) is 5.55. The lowest BCUT2D eigenvalue weighted by atomic mass is 10.1. The van der Waals surface area contributed by atoms with Gasteiger partial charge in [0, 0.05) is 12.6 Å². The number of aromatic nitrogens is 2. The minimum absolute atomic E-state index is 0.00711. The first-order valence-electron chi connectivity index (χ1n) is 7.52. The molecule has 0 saturated heterocycles. The summed E-state index contributed by atoms with van der Waals surface area (Å²) in [6, 6.07) is 9.68. The molecular formula is C18H13FN4O2. The van der Waals surface area contributed by atoms with Gasteiger partial charge in [0.05, 0.1) is 17.5 Å². The fourth-order valence-corrected chi connectivity index (χ4v) is 2.80. The molecule has 2 aromatic heterocycles. The fraction of sp³-hybridized carbons (Fsp3) is 0.0556. The number of nitrogens with zero attached hydrogens (tertiary/aromatic N) is 3. The van der Waals surface area contributed by atoms with Gasteiger partial charge in [0.15, 0.2) is 5.76 Å². The molecule has 0 unspecified atom stereocenters. The van der Waals surface area contributed by atoms with Crippen molar-refractivity contribution in [1.82, 2.24) is 14.9 Å². The van der Waals surface area contributed by atoms with Crippen LogP contribution in [-0.4, -0.2) is 27.8 Å². The maximum Gasteiger partial charge on any atom is 0.262 e. The van der Waals surface area contributed by atoms with Crippen LogP contribution in [0.15, 0.2) is 47.1 Å². The summed E-state index contributed by atoms with van der Waals surface area (Å²) in [5, 5.41) is 0. The van der Waals surface area contributed by atoms with Crippen LogP contribution in [0.1, 0.15) is 21.6 Å². The average molecular weight is 336 g/mol. The van der Waals surface area contributed by atoms with Crippen molar-refractivity contribution in [3.05, 3.63) is 65.3 Å². The van der Waals surface area contributed by atoms with E-state index in [0.717, 1.165) is 0 Å². The number of nitrogen functional groups attached to an aromatic ring is 1. The summed E-state index contributed by atoms with van der Waals surface area (Å²) in [7, 11) is 1.60. The molecule has 0 radical (unpaired) electrons. The molecule has 2 N–H and O–H groups in total. The van der Waals surface area contributed by atoms with Crippen molar-refractivity contribution in [3.63, 3.8) is 0 Å². The fourth-order valence-electron chi connectivity index (χ4n) is 2.80. The number of hydrogen-bond donors (Lipinski definition) is 1. The quantitative estimate of drug-likeness (QED) is 0.777. The van der Waals surface area contributed by atoms with Gasteiger partial charge in [-0.3, -0.25) is 4.79 Å². The number of hydrogen-bond acceptors (Lipinski definition) is 5. The molecule has 0 spiro atoms. The van der Waals surface area contributed by atoms with Gasteiger partial charge in [0.2, 0.25) is 5.95 Å². The third kappa shape index (κ3) is 2.37. The van der Waals surface area contributed by atoms with Gasteiger partial charge in [-0.25, -0.2) is 14.4 Å². The number of nitrogens with two attached hydrogens (primary N) is 1. The Morgan fingerprint density at radius 2 is 1.92 bits per heavy atom. The van der Waals surface area contributed by atoms with Crippen LogP contribution in [0, 0.1) is 5.82 Å².